The van der Waals surface area contributed by atoms with Crippen molar-refractivity contribution < 1.29 is 35.5 Å². The van der Waals surface area contributed by atoms with E-state index in [1.807, 2.05) is 0 Å². The molecule has 6 nitrogen and oxygen atoms in total. The zero-order valence-corrected chi connectivity index (χ0v) is 17.4. The summed E-state index contributed by atoms with van der Waals surface area (Å²) >= 11 is 5.62. The van der Waals surface area contributed by atoms with E-state index in [4.69, 9.17) is 11.6 Å². The molecule has 180 valence electrons. The molecule has 3 aromatic rings. The van der Waals surface area contributed by atoms with Gasteiger partial charge in [-0.3, -0.25) is 9.89 Å². The van der Waals surface area contributed by atoms with Crippen LogP contribution >= 0.6 is 11.6 Å². The van der Waals surface area contributed by atoms with Gasteiger partial charge in [0.25, 0.3) is 5.91 Å². The second kappa shape index (κ2) is 9.71. The lowest BCUT2D eigenvalue weighted by Crippen LogP contribution is -2.31. The summed E-state index contributed by atoms with van der Waals surface area (Å²) in [5.74, 6) is -2.48. The number of aromatic amines is 1. The Bertz CT molecular complexity index is 1200. The van der Waals surface area contributed by atoms with Crippen molar-refractivity contribution in [1.29, 1.82) is 0 Å². The van der Waals surface area contributed by atoms with E-state index in [1.54, 1.807) is 5.10 Å². The molecule has 0 unspecified atom stereocenters. The molecule has 14 heteroatoms. The van der Waals surface area contributed by atoms with Crippen molar-refractivity contribution in [1.82, 2.24) is 15.5 Å². The number of amides is 1. The molecule has 0 saturated heterocycles. The lowest BCUT2D eigenvalue weighted by atomic mass is 10.1. The molecule has 0 aliphatic rings. The second-order valence-corrected chi connectivity index (χ2v) is 7.14. The van der Waals surface area contributed by atoms with Gasteiger partial charge in [0.15, 0.2) is 5.82 Å². The van der Waals surface area contributed by atoms with Crippen molar-refractivity contribution in [2.75, 3.05) is 5.32 Å². The first-order chi connectivity index (χ1) is 15.8. The number of rotatable bonds is 4. The Hall–Kier alpha value is -3.61. The van der Waals surface area contributed by atoms with Gasteiger partial charge in [-0.1, -0.05) is 17.7 Å². The van der Waals surface area contributed by atoms with Crippen LogP contribution in [0.2, 0.25) is 5.02 Å². The number of H-pyrrole nitrogens is 1. The first-order valence-electron chi connectivity index (χ1n) is 9.20. The fourth-order valence-corrected chi connectivity index (χ4v) is 2.68. The molecule has 1 amide bonds. The highest BCUT2D eigenvalue weighted by Gasteiger charge is 2.33. The van der Waals surface area contributed by atoms with Crippen molar-refractivity contribution in [2.24, 2.45) is 4.99 Å². The van der Waals surface area contributed by atoms with Gasteiger partial charge < -0.3 is 10.6 Å². The van der Waals surface area contributed by atoms with Crippen LogP contribution in [0, 0.1) is 5.82 Å². The number of aromatic nitrogens is 2. The van der Waals surface area contributed by atoms with Crippen LogP contribution in [0.5, 0.6) is 0 Å². The molecule has 0 fully saturated rings. The number of nitrogens with zero attached hydrogens (tertiary/aromatic N) is 2. The minimum atomic E-state index is -4.71. The minimum Gasteiger partial charge on any atom is -0.352 e. The summed E-state index contributed by atoms with van der Waals surface area (Å²) in [5, 5.41) is 10.1. The lowest BCUT2D eigenvalue weighted by Gasteiger charge is -2.11. The summed E-state index contributed by atoms with van der Waals surface area (Å²) in [6.07, 6.45) is -9.32. The molecule has 34 heavy (non-hydrogen) atoms. The van der Waals surface area contributed by atoms with Gasteiger partial charge in [0.1, 0.15) is 11.5 Å². The summed E-state index contributed by atoms with van der Waals surface area (Å²) in [7, 11) is 0. The number of halogens is 8. The van der Waals surface area contributed by atoms with E-state index < -0.39 is 35.3 Å². The number of aliphatic imine (C=N–C) groups is 1. The van der Waals surface area contributed by atoms with Gasteiger partial charge in [0.05, 0.1) is 10.6 Å². The maximum atomic E-state index is 13.7. The third-order valence-corrected chi connectivity index (χ3v) is 4.55. The van der Waals surface area contributed by atoms with Crippen molar-refractivity contribution in [2.45, 2.75) is 18.9 Å². The molecule has 0 bridgehead atoms. The number of anilines is 1. The van der Waals surface area contributed by atoms with Gasteiger partial charge in [-0.15, -0.1) is 0 Å². The second-order valence-electron chi connectivity index (χ2n) is 6.73. The number of carbonyl (C=O) groups is 1. The van der Waals surface area contributed by atoms with E-state index in [0.717, 1.165) is 18.2 Å². The highest BCUT2D eigenvalue weighted by molar-refractivity contribution is 6.30. The highest BCUT2D eigenvalue weighted by atomic mass is 35.5. The van der Waals surface area contributed by atoms with Crippen LogP contribution < -0.4 is 10.6 Å². The summed E-state index contributed by atoms with van der Waals surface area (Å²) in [5.41, 5.74) is -2.03. The minimum absolute atomic E-state index is 0.135. The maximum Gasteiger partial charge on any atom is 0.432 e. The Labute approximate surface area is 191 Å². The topological polar surface area (TPSA) is 82.2 Å². The number of hydrogen-bond donors (Lipinski definition) is 3. The molecule has 0 aliphatic heterocycles. The molecule has 1 aromatic heterocycles. The van der Waals surface area contributed by atoms with Crippen LogP contribution in [0.25, 0.3) is 0 Å². The van der Waals surface area contributed by atoms with Gasteiger partial charge in [-0.2, -0.15) is 36.4 Å². The smallest absolute Gasteiger partial charge is 0.352 e. The molecule has 0 atom stereocenters. The van der Waals surface area contributed by atoms with Crippen LogP contribution in [0.4, 0.5) is 36.6 Å². The molecule has 3 rings (SSSR count). The zero-order valence-electron chi connectivity index (χ0n) is 16.7. The highest BCUT2D eigenvalue weighted by Crippen LogP contribution is 2.30. The maximum absolute atomic E-state index is 13.7. The van der Waals surface area contributed by atoms with Crippen LogP contribution in [0.1, 0.15) is 27.2 Å². The van der Waals surface area contributed by atoms with Crippen molar-refractivity contribution in [3.63, 3.8) is 0 Å². The zero-order chi connectivity index (χ0) is 25.1. The Morgan fingerprint density at radius 2 is 1.68 bits per heavy atom. The molecule has 2 aromatic carbocycles. The summed E-state index contributed by atoms with van der Waals surface area (Å²) in [6.45, 7) is -0.142. The van der Waals surface area contributed by atoms with E-state index in [1.165, 1.54) is 12.1 Å². The Morgan fingerprint density at radius 1 is 1.00 bits per heavy atom. The number of benzene rings is 2. The molecule has 3 N–H and O–H groups in total. The van der Waals surface area contributed by atoms with Crippen molar-refractivity contribution in [3.8, 4) is 0 Å². The quantitative estimate of drug-likeness (QED) is 0.243. The largest absolute Gasteiger partial charge is 0.432 e. The predicted octanol–water partition coefficient (Wildman–Crippen LogP) is 5.64. The first kappa shape index (κ1) is 25.0. The average molecular weight is 508 g/mol. The normalized spacial score (nSPS) is 12.5. The third kappa shape index (κ3) is 6.47. The summed E-state index contributed by atoms with van der Waals surface area (Å²) in [4.78, 5) is 16.1. The molecular weight excluding hydrogens is 495 g/mol. The Kier molecular flexibility index (Phi) is 7.15. The molecule has 0 aliphatic carbocycles. The van der Waals surface area contributed by atoms with E-state index in [9.17, 15) is 35.5 Å². The van der Waals surface area contributed by atoms with Gasteiger partial charge in [-0.05, 0) is 42.0 Å². The predicted molar refractivity (Wildman–Crippen MR) is 109 cm³/mol. The van der Waals surface area contributed by atoms with Gasteiger partial charge in [0, 0.05) is 18.2 Å². The van der Waals surface area contributed by atoms with E-state index >= 15 is 0 Å². The van der Waals surface area contributed by atoms with Gasteiger partial charge in [-0.25, -0.2) is 4.39 Å². The molecular formula is C20H13ClF7N5O. The summed E-state index contributed by atoms with van der Waals surface area (Å²) < 4.78 is 90.2. The average Bonchev–Trinajstić information content (AvgIpc) is 3.23. The fourth-order valence-electron chi connectivity index (χ4n) is 2.57. The SMILES string of the molecule is O=C(/N=C(/NCc1ccc(Cl)c(F)c1)Nc1cc(C(F)(F)F)[nH]n1)c1ccc(C(F)(F)F)cc1. The van der Waals surface area contributed by atoms with Crippen LogP contribution in [0.3, 0.4) is 0 Å². The molecule has 0 radical (unpaired) electrons. The van der Waals surface area contributed by atoms with Gasteiger partial charge in [0.2, 0.25) is 5.96 Å². The number of guanidine groups is 1. The summed E-state index contributed by atoms with van der Waals surface area (Å²) in [6, 6.07) is 7.59. The first-order valence-corrected chi connectivity index (χ1v) is 9.58. The lowest BCUT2D eigenvalue weighted by molar-refractivity contribution is -0.141. The van der Waals surface area contributed by atoms with Crippen LogP contribution in [-0.4, -0.2) is 22.1 Å². The van der Waals surface area contributed by atoms with E-state index in [-0.39, 0.29) is 28.9 Å². The third-order valence-electron chi connectivity index (χ3n) is 4.25. The van der Waals surface area contributed by atoms with Crippen molar-refractivity contribution in [3.05, 3.63) is 81.8 Å². The molecule has 0 spiro atoms. The number of carbonyl (C=O) groups excluding carboxylic acids is 1. The Balaban J connectivity index is 1.84. The number of nitrogens with one attached hydrogen (secondary N) is 3. The number of alkyl halides is 6. The van der Waals surface area contributed by atoms with E-state index in [2.05, 4.69) is 20.7 Å². The van der Waals surface area contributed by atoms with Crippen molar-refractivity contribution >= 4 is 29.3 Å². The molecule has 1 heterocycles. The fraction of sp³-hybridized carbons (Fsp3) is 0.150. The Morgan fingerprint density at radius 3 is 2.24 bits per heavy atom. The van der Waals surface area contributed by atoms with Crippen LogP contribution in [-0.2, 0) is 18.9 Å². The molecule has 0 saturated carbocycles. The monoisotopic (exact) mass is 507 g/mol. The van der Waals surface area contributed by atoms with Gasteiger partial charge >= 0.3 is 12.4 Å². The van der Waals surface area contributed by atoms with E-state index in [0.29, 0.717) is 23.8 Å². The number of hydrogen-bond acceptors (Lipinski definition) is 2. The van der Waals surface area contributed by atoms with Crippen LogP contribution in [0.15, 0.2) is 53.5 Å². The standard InChI is InChI=1S/C20H13ClF7N5O/c21-13-6-1-10(7-14(13)22)9-29-18(30-16-8-15(32-33-16)20(26,27)28)31-17(34)11-2-4-12(5-3-11)19(23,24)25/h1-8H,9H2,(H3,29,30,31,32,33,34).